The van der Waals surface area contributed by atoms with Crippen molar-refractivity contribution in [2.75, 3.05) is 38.2 Å². The lowest BCUT2D eigenvalue weighted by Gasteiger charge is -2.35. The van der Waals surface area contributed by atoms with Gasteiger partial charge in [0.25, 0.3) is 0 Å². The summed E-state index contributed by atoms with van der Waals surface area (Å²) in [5.41, 5.74) is 3.49. The Kier molecular flexibility index (Phi) is 7.63. The highest BCUT2D eigenvalue weighted by molar-refractivity contribution is 5.80. The Morgan fingerprint density at radius 2 is 1.91 bits per heavy atom. The molecule has 0 amide bonds. The van der Waals surface area contributed by atoms with Crippen LogP contribution in [0.25, 0.3) is 0 Å². The molecule has 0 bridgehead atoms. The summed E-state index contributed by atoms with van der Waals surface area (Å²) in [5, 5.41) is 7.13. The van der Waals surface area contributed by atoms with Gasteiger partial charge in [-0.25, -0.2) is 4.39 Å². The van der Waals surface area contributed by atoms with Gasteiger partial charge in [-0.15, -0.1) is 0 Å². The third-order valence-corrected chi connectivity index (χ3v) is 6.62. The number of halogens is 1. The number of nitrogens with one attached hydrogen (secondary N) is 2. The molecule has 2 heterocycles. The predicted octanol–water partition coefficient (Wildman–Crippen LogP) is 4.44. The van der Waals surface area contributed by atoms with E-state index in [0.717, 1.165) is 63.6 Å². The summed E-state index contributed by atoms with van der Waals surface area (Å²) in [4.78, 5) is 6.71. The maximum atomic E-state index is 13.5. The van der Waals surface area contributed by atoms with Gasteiger partial charge in [0.1, 0.15) is 5.82 Å². The zero-order valence-electron chi connectivity index (χ0n) is 19.2. The van der Waals surface area contributed by atoms with Crippen molar-refractivity contribution in [3.8, 4) is 0 Å². The Morgan fingerprint density at radius 3 is 2.62 bits per heavy atom. The van der Waals surface area contributed by atoms with E-state index in [4.69, 9.17) is 4.74 Å². The first-order valence-electron chi connectivity index (χ1n) is 11.8. The lowest BCUT2D eigenvalue weighted by atomic mass is 9.89. The standard InChI is InChI=1S/C26H35FN4O/c1-19-8-10-20(11-9-19)25-21(5-4-16-32-25)18-29-26(28-2)30-23-12-14-31(15-13-23)24-7-3-6-22(27)17-24/h3,6-11,17,21,23,25H,4-5,12-16,18H2,1-2H3,(H2,28,29,30). The highest BCUT2D eigenvalue weighted by atomic mass is 19.1. The van der Waals surface area contributed by atoms with Crippen molar-refractivity contribution in [3.05, 3.63) is 65.5 Å². The molecule has 2 atom stereocenters. The maximum Gasteiger partial charge on any atom is 0.191 e. The Bertz CT molecular complexity index is 893. The fraction of sp³-hybridized carbons (Fsp3) is 0.500. The molecule has 0 aliphatic carbocycles. The maximum absolute atomic E-state index is 13.5. The van der Waals surface area contributed by atoms with Crippen LogP contribution in [0.1, 0.15) is 42.9 Å². The fourth-order valence-electron chi connectivity index (χ4n) is 4.75. The molecule has 4 rings (SSSR count). The normalized spacial score (nSPS) is 22.6. The molecule has 6 heteroatoms. The summed E-state index contributed by atoms with van der Waals surface area (Å²) in [6.45, 7) is 5.59. The van der Waals surface area contributed by atoms with E-state index in [1.807, 2.05) is 13.1 Å². The average molecular weight is 439 g/mol. The molecule has 2 N–H and O–H groups in total. The van der Waals surface area contributed by atoms with Crippen molar-refractivity contribution in [2.24, 2.45) is 10.9 Å². The molecule has 0 spiro atoms. The van der Waals surface area contributed by atoms with E-state index in [1.165, 1.54) is 17.2 Å². The molecule has 172 valence electrons. The second-order valence-electron chi connectivity index (χ2n) is 8.94. The first kappa shape index (κ1) is 22.6. The lowest BCUT2D eigenvalue weighted by molar-refractivity contribution is -0.0265. The topological polar surface area (TPSA) is 48.9 Å². The lowest BCUT2D eigenvalue weighted by Crippen LogP contribution is -2.50. The van der Waals surface area contributed by atoms with E-state index in [0.29, 0.717) is 12.0 Å². The monoisotopic (exact) mass is 438 g/mol. The zero-order chi connectivity index (χ0) is 22.3. The first-order valence-corrected chi connectivity index (χ1v) is 11.8. The SMILES string of the molecule is CN=C(NCC1CCCOC1c1ccc(C)cc1)NC1CCN(c2cccc(F)c2)CC1. The van der Waals surface area contributed by atoms with Gasteiger partial charge >= 0.3 is 0 Å². The number of hydrogen-bond donors (Lipinski definition) is 2. The van der Waals surface area contributed by atoms with Crippen LogP contribution in [0, 0.1) is 18.7 Å². The Balaban J connectivity index is 1.28. The van der Waals surface area contributed by atoms with Gasteiger partial charge in [0.15, 0.2) is 5.96 Å². The number of piperidine rings is 1. The van der Waals surface area contributed by atoms with Crippen molar-refractivity contribution in [1.82, 2.24) is 10.6 Å². The fourth-order valence-corrected chi connectivity index (χ4v) is 4.75. The molecular weight excluding hydrogens is 403 g/mol. The Labute approximate surface area is 191 Å². The van der Waals surface area contributed by atoms with Gasteiger partial charge in [0, 0.05) is 50.9 Å². The van der Waals surface area contributed by atoms with E-state index in [1.54, 1.807) is 12.1 Å². The van der Waals surface area contributed by atoms with Gasteiger partial charge in [-0.05, 0) is 56.4 Å². The zero-order valence-corrected chi connectivity index (χ0v) is 19.2. The minimum absolute atomic E-state index is 0.129. The van der Waals surface area contributed by atoms with Crippen LogP contribution in [0.4, 0.5) is 10.1 Å². The molecule has 5 nitrogen and oxygen atoms in total. The highest BCUT2D eigenvalue weighted by Gasteiger charge is 2.28. The number of nitrogens with zero attached hydrogens (tertiary/aromatic N) is 2. The number of aryl methyl sites for hydroxylation is 1. The van der Waals surface area contributed by atoms with Gasteiger partial charge in [-0.1, -0.05) is 35.9 Å². The van der Waals surface area contributed by atoms with Crippen molar-refractivity contribution in [3.63, 3.8) is 0 Å². The quantitative estimate of drug-likeness (QED) is 0.535. The van der Waals surface area contributed by atoms with Crippen molar-refractivity contribution in [1.29, 1.82) is 0 Å². The minimum Gasteiger partial charge on any atom is -0.373 e. The summed E-state index contributed by atoms with van der Waals surface area (Å²) >= 11 is 0. The second kappa shape index (κ2) is 10.8. The van der Waals surface area contributed by atoms with Crippen LogP contribution in [0.15, 0.2) is 53.5 Å². The number of rotatable bonds is 5. The molecule has 0 saturated carbocycles. The third-order valence-electron chi connectivity index (χ3n) is 6.62. The molecule has 2 unspecified atom stereocenters. The van der Waals surface area contributed by atoms with E-state index in [9.17, 15) is 4.39 Å². The van der Waals surface area contributed by atoms with Crippen LogP contribution in [0.3, 0.4) is 0 Å². The second-order valence-corrected chi connectivity index (χ2v) is 8.94. The molecule has 32 heavy (non-hydrogen) atoms. The largest absolute Gasteiger partial charge is 0.373 e. The molecule has 0 radical (unpaired) electrons. The van der Waals surface area contributed by atoms with Crippen LogP contribution in [0.5, 0.6) is 0 Å². The molecule has 2 aromatic carbocycles. The first-order chi connectivity index (χ1) is 15.6. The van der Waals surface area contributed by atoms with Crippen LogP contribution in [-0.4, -0.2) is 45.3 Å². The van der Waals surface area contributed by atoms with Gasteiger partial charge < -0.3 is 20.3 Å². The number of aliphatic imine (C=N–C) groups is 1. The van der Waals surface area contributed by atoms with Gasteiger partial charge in [-0.3, -0.25) is 4.99 Å². The molecule has 2 saturated heterocycles. The number of hydrogen-bond acceptors (Lipinski definition) is 3. The summed E-state index contributed by atoms with van der Waals surface area (Å²) < 4.78 is 19.7. The number of benzene rings is 2. The number of guanidine groups is 1. The van der Waals surface area contributed by atoms with Crippen molar-refractivity contribution < 1.29 is 9.13 Å². The molecule has 2 aromatic rings. The highest BCUT2D eigenvalue weighted by Crippen LogP contribution is 2.33. The van der Waals surface area contributed by atoms with Gasteiger partial charge in [0.05, 0.1) is 6.10 Å². The van der Waals surface area contributed by atoms with Crippen LogP contribution >= 0.6 is 0 Å². The van der Waals surface area contributed by atoms with E-state index in [-0.39, 0.29) is 11.9 Å². The van der Waals surface area contributed by atoms with E-state index < -0.39 is 0 Å². The van der Waals surface area contributed by atoms with Crippen molar-refractivity contribution >= 4 is 11.6 Å². The number of anilines is 1. The number of ether oxygens (including phenoxy) is 1. The predicted molar refractivity (Wildman–Crippen MR) is 129 cm³/mol. The van der Waals surface area contributed by atoms with E-state index in [2.05, 4.69) is 51.7 Å². The van der Waals surface area contributed by atoms with Crippen LogP contribution in [0.2, 0.25) is 0 Å². The summed E-state index contributed by atoms with van der Waals surface area (Å²) in [6.07, 6.45) is 4.36. The average Bonchev–Trinajstić information content (AvgIpc) is 2.83. The third kappa shape index (κ3) is 5.80. The molecular formula is C26H35FN4O. The summed E-state index contributed by atoms with van der Waals surface area (Å²) in [7, 11) is 1.83. The van der Waals surface area contributed by atoms with Gasteiger partial charge in [0.2, 0.25) is 0 Å². The molecule has 2 aliphatic rings. The minimum atomic E-state index is -0.178. The van der Waals surface area contributed by atoms with E-state index >= 15 is 0 Å². The molecule has 0 aromatic heterocycles. The summed E-state index contributed by atoms with van der Waals surface area (Å²) in [6, 6.07) is 15.9. The van der Waals surface area contributed by atoms with Crippen molar-refractivity contribution in [2.45, 2.75) is 44.8 Å². The van der Waals surface area contributed by atoms with Crippen LogP contribution < -0.4 is 15.5 Å². The smallest absolute Gasteiger partial charge is 0.191 e. The Hall–Kier alpha value is -2.60. The molecule has 2 fully saturated rings. The molecule has 2 aliphatic heterocycles. The Morgan fingerprint density at radius 1 is 1.12 bits per heavy atom. The van der Waals surface area contributed by atoms with Gasteiger partial charge in [-0.2, -0.15) is 0 Å². The summed E-state index contributed by atoms with van der Waals surface area (Å²) in [5.74, 6) is 1.09. The van der Waals surface area contributed by atoms with Crippen LogP contribution in [-0.2, 0) is 4.74 Å².